The van der Waals surface area contributed by atoms with Gasteiger partial charge in [0.1, 0.15) is 22.9 Å². The first kappa shape index (κ1) is 22.7. The zero-order valence-corrected chi connectivity index (χ0v) is 19.9. The van der Waals surface area contributed by atoms with Crippen LogP contribution in [0, 0.1) is 19.7 Å². The van der Waals surface area contributed by atoms with E-state index >= 15 is 0 Å². The van der Waals surface area contributed by atoms with Gasteiger partial charge in [0.05, 0.1) is 21.5 Å². The van der Waals surface area contributed by atoms with Crippen molar-refractivity contribution in [2.24, 2.45) is 7.05 Å². The fourth-order valence-electron chi connectivity index (χ4n) is 4.06. The van der Waals surface area contributed by atoms with E-state index in [0.29, 0.717) is 16.9 Å². The molecular weight excluding hydrogens is 471 g/mol. The number of aryl methyl sites for hydroxylation is 1. The van der Waals surface area contributed by atoms with Gasteiger partial charge in [0, 0.05) is 36.3 Å². The van der Waals surface area contributed by atoms with Gasteiger partial charge >= 0.3 is 0 Å². The molecule has 0 saturated carbocycles. The Bertz CT molecular complexity index is 1740. The van der Waals surface area contributed by atoms with Crippen molar-refractivity contribution in [1.29, 1.82) is 0 Å². The zero-order valence-electron chi connectivity index (χ0n) is 19.1. The summed E-state index contributed by atoms with van der Waals surface area (Å²) in [7, 11) is -2.49. The molecule has 1 amide bonds. The molecule has 3 heterocycles. The minimum absolute atomic E-state index is 0.0681. The number of nitrogens with one attached hydrogen (secondary N) is 2. The number of amides is 1. The highest BCUT2D eigenvalue weighted by molar-refractivity contribution is 7.91. The minimum Gasteiger partial charge on any atom is -0.347 e. The first-order valence-electron chi connectivity index (χ1n) is 10.7. The molecule has 2 N–H and O–H groups in total. The van der Waals surface area contributed by atoms with Crippen molar-refractivity contribution < 1.29 is 17.6 Å². The summed E-state index contributed by atoms with van der Waals surface area (Å²) < 4.78 is 42.6. The molecule has 0 bridgehead atoms. The summed E-state index contributed by atoms with van der Waals surface area (Å²) in [5, 5.41) is 10.3. The normalized spacial score (nSPS) is 11.9. The number of benzene rings is 2. The van der Waals surface area contributed by atoms with Crippen LogP contribution in [0.2, 0.25) is 0 Å². The Morgan fingerprint density at radius 2 is 1.97 bits per heavy atom. The van der Waals surface area contributed by atoms with Gasteiger partial charge in [-0.15, -0.1) is 0 Å². The molecule has 0 saturated heterocycles. The van der Waals surface area contributed by atoms with Crippen molar-refractivity contribution in [1.82, 2.24) is 30.0 Å². The Morgan fingerprint density at radius 3 is 2.77 bits per heavy atom. The predicted molar refractivity (Wildman–Crippen MR) is 127 cm³/mol. The van der Waals surface area contributed by atoms with E-state index in [1.807, 2.05) is 18.2 Å². The number of carbonyl (C=O) groups is 1. The second-order valence-electron chi connectivity index (χ2n) is 8.23. The largest absolute Gasteiger partial charge is 0.347 e. The molecule has 9 nitrogen and oxygen atoms in total. The van der Waals surface area contributed by atoms with Gasteiger partial charge < -0.3 is 9.88 Å². The van der Waals surface area contributed by atoms with Gasteiger partial charge in [0.2, 0.25) is 9.84 Å². The zero-order chi connectivity index (χ0) is 24.9. The monoisotopic (exact) mass is 492 g/mol. The minimum atomic E-state index is -4.10. The van der Waals surface area contributed by atoms with Crippen LogP contribution in [0.3, 0.4) is 0 Å². The number of sulfone groups is 1. The average Bonchev–Trinajstić information content (AvgIpc) is 3.42. The van der Waals surface area contributed by atoms with Crippen molar-refractivity contribution in [3.05, 3.63) is 77.4 Å². The van der Waals surface area contributed by atoms with Crippen LogP contribution in [0.15, 0.2) is 58.6 Å². The predicted octanol–water partition coefficient (Wildman–Crippen LogP) is 3.36. The Morgan fingerprint density at radius 1 is 1.17 bits per heavy atom. The van der Waals surface area contributed by atoms with E-state index in [2.05, 4.69) is 25.5 Å². The van der Waals surface area contributed by atoms with E-state index in [-0.39, 0.29) is 27.5 Å². The maximum atomic E-state index is 14.4. The summed E-state index contributed by atoms with van der Waals surface area (Å²) in [6.07, 6.45) is 3.07. The molecule has 0 radical (unpaired) electrons. The molecule has 0 aliphatic rings. The summed E-state index contributed by atoms with van der Waals surface area (Å²) >= 11 is 0. The van der Waals surface area contributed by atoms with Crippen molar-refractivity contribution in [3.8, 4) is 0 Å². The number of H-pyrrole nitrogens is 1. The summed E-state index contributed by atoms with van der Waals surface area (Å²) in [4.78, 5) is 21.4. The molecule has 5 aromatic rings. The van der Waals surface area contributed by atoms with Gasteiger partial charge in [-0.2, -0.15) is 5.10 Å². The number of hydrogen-bond acceptors (Lipinski definition) is 6. The highest BCUT2D eigenvalue weighted by Gasteiger charge is 2.27. The first-order valence-corrected chi connectivity index (χ1v) is 12.2. The van der Waals surface area contributed by atoms with Crippen molar-refractivity contribution in [2.45, 2.75) is 30.2 Å². The molecular formula is C24H21FN6O3S. The fraction of sp³-hybridized carbons (Fsp3) is 0.167. The number of fused-ring (bicyclic) bond motifs is 2. The van der Waals surface area contributed by atoms with Crippen LogP contribution in [0.5, 0.6) is 0 Å². The molecule has 0 spiro atoms. The second kappa shape index (κ2) is 8.27. The summed E-state index contributed by atoms with van der Waals surface area (Å²) in [5.41, 5.74) is 2.26. The van der Waals surface area contributed by atoms with E-state index in [0.717, 1.165) is 22.5 Å². The quantitative estimate of drug-likeness (QED) is 0.388. The summed E-state index contributed by atoms with van der Waals surface area (Å²) in [6.45, 7) is 3.61. The highest BCUT2D eigenvalue weighted by atomic mass is 32.2. The number of rotatable bonds is 5. The molecule has 0 atom stereocenters. The fourth-order valence-corrected chi connectivity index (χ4v) is 5.65. The number of carbonyl (C=O) groups excluding carboxylic acids is 1. The molecule has 3 aromatic heterocycles. The lowest BCUT2D eigenvalue weighted by Gasteiger charge is -2.09. The lowest BCUT2D eigenvalue weighted by Crippen LogP contribution is -2.25. The third kappa shape index (κ3) is 3.83. The lowest BCUT2D eigenvalue weighted by atomic mass is 10.1. The van der Waals surface area contributed by atoms with Crippen LogP contribution in [0.1, 0.15) is 27.6 Å². The van der Waals surface area contributed by atoms with Gasteiger partial charge in [0.25, 0.3) is 5.91 Å². The number of aromatic amines is 1. The third-order valence-corrected chi connectivity index (χ3v) is 7.92. The standard InChI is InChI=1S/C24H21FN6O3S/c1-13-22(35(33,34)17-7-16-11-28-30-23(16)19(25)8-17)9-21(31(13)3)24(32)27-10-15-5-4-6-20-18(15)12-26-14(2)29-20/h4-9,11-12H,10H2,1-3H3,(H,27,32)(H,28,30). The van der Waals surface area contributed by atoms with E-state index < -0.39 is 21.6 Å². The van der Waals surface area contributed by atoms with E-state index in [9.17, 15) is 17.6 Å². The molecule has 35 heavy (non-hydrogen) atoms. The third-order valence-electron chi connectivity index (χ3n) is 6.07. The van der Waals surface area contributed by atoms with Crippen molar-refractivity contribution in [2.75, 3.05) is 0 Å². The Balaban J connectivity index is 1.45. The molecule has 2 aromatic carbocycles. The number of halogens is 1. The van der Waals surface area contributed by atoms with Crippen LogP contribution < -0.4 is 5.32 Å². The second-order valence-corrected chi connectivity index (χ2v) is 10.1. The lowest BCUT2D eigenvalue weighted by molar-refractivity contribution is 0.0942. The Hall–Kier alpha value is -4.12. The van der Waals surface area contributed by atoms with E-state index in [1.165, 1.54) is 22.9 Å². The molecule has 0 unspecified atom stereocenters. The highest BCUT2D eigenvalue weighted by Crippen LogP contribution is 2.29. The number of hydrogen-bond donors (Lipinski definition) is 2. The maximum absolute atomic E-state index is 14.4. The molecule has 11 heteroatoms. The smallest absolute Gasteiger partial charge is 0.268 e. The number of aromatic nitrogens is 5. The maximum Gasteiger partial charge on any atom is 0.268 e. The van der Waals surface area contributed by atoms with Crippen molar-refractivity contribution in [3.63, 3.8) is 0 Å². The summed E-state index contributed by atoms with van der Waals surface area (Å²) in [5.74, 6) is -0.517. The molecule has 0 fully saturated rings. The molecule has 5 rings (SSSR count). The molecule has 178 valence electrons. The van der Waals surface area contributed by atoms with Crippen LogP contribution in [-0.4, -0.2) is 39.1 Å². The van der Waals surface area contributed by atoms with Crippen LogP contribution in [0.4, 0.5) is 4.39 Å². The average molecular weight is 493 g/mol. The van der Waals surface area contributed by atoms with Gasteiger partial charge in [-0.05, 0) is 43.7 Å². The van der Waals surface area contributed by atoms with Gasteiger partial charge in [0.15, 0.2) is 0 Å². The van der Waals surface area contributed by atoms with Gasteiger partial charge in [-0.1, -0.05) is 12.1 Å². The SMILES string of the molecule is Cc1ncc2c(CNC(=O)c3cc(S(=O)(=O)c4cc(F)c5[nH]ncc5c4)c(C)n3C)cccc2n1. The topological polar surface area (TPSA) is 123 Å². The van der Waals surface area contributed by atoms with E-state index in [1.54, 1.807) is 27.1 Å². The molecule has 0 aliphatic heterocycles. The van der Waals surface area contributed by atoms with Crippen LogP contribution in [-0.2, 0) is 23.4 Å². The Labute approximate surface area is 199 Å². The van der Waals surface area contributed by atoms with Crippen LogP contribution >= 0.6 is 0 Å². The first-order chi connectivity index (χ1) is 16.7. The van der Waals surface area contributed by atoms with Gasteiger partial charge in [-0.25, -0.2) is 22.8 Å². The van der Waals surface area contributed by atoms with Crippen LogP contribution in [0.25, 0.3) is 21.8 Å². The number of nitrogens with zero attached hydrogens (tertiary/aromatic N) is 4. The van der Waals surface area contributed by atoms with Gasteiger partial charge in [-0.3, -0.25) is 9.89 Å². The summed E-state index contributed by atoms with van der Waals surface area (Å²) in [6, 6.07) is 9.21. The Kier molecular flexibility index (Phi) is 5.36. The van der Waals surface area contributed by atoms with Crippen molar-refractivity contribution >= 4 is 37.6 Å². The van der Waals surface area contributed by atoms with E-state index in [4.69, 9.17) is 0 Å². The molecule has 0 aliphatic carbocycles.